The molecule has 96 valence electrons. The number of anilines is 1. The fourth-order valence-electron chi connectivity index (χ4n) is 1.70. The van der Waals surface area contributed by atoms with Crippen molar-refractivity contribution < 1.29 is 14.3 Å². The maximum Gasteiger partial charge on any atom is 0.255 e. The van der Waals surface area contributed by atoms with Gasteiger partial charge in [-0.1, -0.05) is 0 Å². The number of imide groups is 1. The number of morpholine rings is 1. The van der Waals surface area contributed by atoms with Crippen molar-refractivity contribution in [3.63, 3.8) is 0 Å². The zero-order valence-corrected chi connectivity index (χ0v) is 9.67. The van der Waals surface area contributed by atoms with Crippen molar-refractivity contribution in [1.82, 2.24) is 9.47 Å². The van der Waals surface area contributed by atoms with Gasteiger partial charge in [-0.25, -0.2) is 0 Å². The summed E-state index contributed by atoms with van der Waals surface area (Å²) in [5, 5.41) is 0. The van der Waals surface area contributed by atoms with Gasteiger partial charge < -0.3 is 15.0 Å². The van der Waals surface area contributed by atoms with E-state index in [0.717, 1.165) is 4.90 Å². The highest BCUT2D eigenvalue weighted by atomic mass is 16.5. The molecule has 0 aromatic carbocycles. The van der Waals surface area contributed by atoms with Crippen molar-refractivity contribution in [3.05, 3.63) is 28.7 Å². The number of rotatable bonds is 3. The van der Waals surface area contributed by atoms with Gasteiger partial charge in [0.25, 0.3) is 17.4 Å². The molecule has 7 heteroatoms. The van der Waals surface area contributed by atoms with Crippen LogP contribution in [0.2, 0.25) is 0 Å². The Morgan fingerprint density at radius 2 is 1.78 bits per heavy atom. The topological polar surface area (TPSA) is 94.6 Å². The molecule has 0 spiro atoms. The molecule has 0 aliphatic carbocycles. The Morgan fingerprint density at radius 3 is 2.44 bits per heavy atom. The number of carbonyl (C=O) groups excluding carboxylic acids is 2. The monoisotopic (exact) mass is 251 g/mol. The molecule has 7 nitrogen and oxygen atoms in total. The molecule has 2 heterocycles. The quantitative estimate of drug-likeness (QED) is 0.682. The van der Waals surface area contributed by atoms with Crippen molar-refractivity contribution in [2.75, 3.05) is 25.5 Å². The fraction of sp³-hybridized carbons (Fsp3) is 0.364. The second-order valence-electron chi connectivity index (χ2n) is 3.93. The smallest absolute Gasteiger partial charge is 0.255 e. The average molecular weight is 251 g/mol. The number of nitrogens with zero attached hydrogens (tertiary/aromatic N) is 2. The van der Waals surface area contributed by atoms with Crippen LogP contribution in [-0.4, -0.2) is 41.0 Å². The first-order chi connectivity index (χ1) is 8.58. The van der Waals surface area contributed by atoms with Gasteiger partial charge in [-0.15, -0.1) is 0 Å². The highest BCUT2D eigenvalue weighted by molar-refractivity contribution is 5.98. The molecule has 2 amide bonds. The van der Waals surface area contributed by atoms with E-state index in [-0.39, 0.29) is 43.7 Å². The lowest BCUT2D eigenvalue weighted by Gasteiger charge is -2.25. The van der Waals surface area contributed by atoms with Crippen molar-refractivity contribution in [3.8, 4) is 0 Å². The van der Waals surface area contributed by atoms with Crippen molar-refractivity contribution in [2.45, 2.75) is 6.54 Å². The van der Waals surface area contributed by atoms with Gasteiger partial charge in [0.1, 0.15) is 13.2 Å². The molecular weight excluding hydrogens is 238 g/mol. The summed E-state index contributed by atoms with van der Waals surface area (Å²) in [5.41, 5.74) is 5.79. The largest absolute Gasteiger partial charge is 0.398 e. The number of aromatic nitrogens is 1. The highest BCUT2D eigenvalue weighted by Gasteiger charge is 2.26. The minimum absolute atomic E-state index is 0.0996. The number of amides is 2. The molecular formula is C11H13N3O4. The number of ether oxygens (including phenoxy) is 1. The Kier molecular flexibility index (Phi) is 3.42. The number of pyridine rings is 1. The van der Waals surface area contributed by atoms with Crippen molar-refractivity contribution in [1.29, 1.82) is 0 Å². The zero-order valence-electron chi connectivity index (χ0n) is 9.67. The van der Waals surface area contributed by atoms with E-state index in [9.17, 15) is 14.4 Å². The second-order valence-corrected chi connectivity index (χ2v) is 3.93. The lowest BCUT2D eigenvalue weighted by Crippen LogP contribution is -2.47. The Bertz CT molecular complexity index is 521. The molecule has 18 heavy (non-hydrogen) atoms. The van der Waals surface area contributed by atoms with E-state index in [2.05, 4.69) is 0 Å². The zero-order chi connectivity index (χ0) is 13.1. The first kappa shape index (κ1) is 12.3. The third-order valence-corrected chi connectivity index (χ3v) is 2.62. The van der Waals surface area contributed by atoms with Crippen LogP contribution < -0.4 is 11.3 Å². The second kappa shape index (κ2) is 5.01. The standard InChI is InChI=1S/C11H13N3O4/c12-8-1-2-9(15)13(5-8)3-4-14-10(16)6-18-7-11(14)17/h1-2,5H,3-4,6-7,12H2. The summed E-state index contributed by atoms with van der Waals surface area (Å²) in [4.78, 5) is 35.5. The summed E-state index contributed by atoms with van der Waals surface area (Å²) in [6.45, 7) is 0.168. The Labute approximate surface area is 103 Å². The first-order valence-electron chi connectivity index (χ1n) is 5.45. The van der Waals surface area contributed by atoms with Gasteiger partial charge in [0.2, 0.25) is 0 Å². The van der Waals surface area contributed by atoms with Crippen LogP contribution in [0, 0.1) is 0 Å². The normalized spacial score (nSPS) is 16.1. The summed E-state index contributed by atoms with van der Waals surface area (Å²) in [7, 11) is 0. The van der Waals surface area contributed by atoms with E-state index in [1.165, 1.54) is 22.9 Å². The lowest BCUT2D eigenvalue weighted by molar-refractivity contribution is -0.158. The Hall–Kier alpha value is -2.15. The molecule has 0 unspecified atom stereocenters. The minimum atomic E-state index is -0.386. The minimum Gasteiger partial charge on any atom is -0.398 e. The molecule has 0 bridgehead atoms. The predicted molar refractivity (Wildman–Crippen MR) is 62.7 cm³/mol. The van der Waals surface area contributed by atoms with Crippen LogP contribution >= 0.6 is 0 Å². The summed E-state index contributed by atoms with van der Waals surface area (Å²) < 4.78 is 6.16. The number of nitrogens with two attached hydrogens (primary N) is 1. The molecule has 1 saturated heterocycles. The van der Waals surface area contributed by atoms with Gasteiger partial charge in [0.05, 0.1) is 0 Å². The van der Waals surface area contributed by atoms with E-state index in [1.807, 2.05) is 0 Å². The van der Waals surface area contributed by atoms with Crippen LogP contribution in [0.15, 0.2) is 23.1 Å². The molecule has 1 aromatic heterocycles. The van der Waals surface area contributed by atoms with Gasteiger partial charge in [0.15, 0.2) is 0 Å². The number of hydrogen-bond acceptors (Lipinski definition) is 5. The van der Waals surface area contributed by atoms with E-state index in [0.29, 0.717) is 5.69 Å². The first-order valence-corrected chi connectivity index (χ1v) is 5.45. The lowest BCUT2D eigenvalue weighted by atomic mass is 10.3. The SMILES string of the molecule is Nc1ccc(=O)n(CCN2C(=O)COCC2=O)c1. The third-order valence-electron chi connectivity index (χ3n) is 2.62. The van der Waals surface area contributed by atoms with Crippen molar-refractivity contribution in [2.24, 2.45) is 0 Å². The van der Waals surface area contributed by atoms with E-state index in [4.69, 9.17) is 10.5 Å². The van der Waals surface area contributed by atoms with Crippen LogP contribution in [0.3, 0.4) is 0 Å². The summed E-state index contributed by atoms with van der Waals surface area (Å²) in [6, 6.07) is 2.85. The molecule has 0 saturated carbocycles. The Morgan fingerprint density at radius 1 is 1.11 bits per heavy atom. The van der Waals surface area contributed by atoms with Crippen molar-refractivity contribution >= 4 is 17.5 Å². The molecule has 2 N–H and O–H groups in total. The predicted octanol–water partition coefficient (Wildman–Crippen LogP) is -1.18. The average Bonchev–Trinajstić information content (AvgIpc) is 2.33. The fourth-order valence-corrected chi connectivity index (χ4v) is 1.70. The molecule has 2 rings (SSSR count). The van der Waals surface area contributed by atoms with Gasteiger partial charge in [-0.05, 0) is 6.07 Å². The van der Waals surface area contributed by atoms with Crippen LogP contribution in [-0.2, 0) is 20.9 Å². The molecule has 0 radical (unpaired) electrons. The number of carbonyl (C=O) groups is 2. The maximum absolute atomic E-state index is 11.5. The van der Waals surface area contributed by atoms with Gasteiger partial charge in [-0.3, -0.25) is 19.3 Å². The Balaban J connectivity index is 2.06. The van der Waals surface area contributed by atoms with Gasteiger partial charge >= 0.3 is 0 Å². The molecule has 0 atom stereocenters. The van der Waals surface area contributed by atoms with Gasteiger partial charge in [-0.2, -0.15) is 0 Å². The van der Waals surface area contributed by atoms with Crippen LogP contribution in [0.4, 0.5) is 5.69 Å². The van der Waals surface area contributed by atoms with E-state index in [1.54, 1.807) is 0 Å². The summed E-state index contributed by atoms with van der Waals surface area (Å²) >= 11 is 0. The van der Waals surface area contributed by atoms with E-state index >= 15 is 0 Å². The number of nitrogen functional groups attached to an aromatic ring is 1. The maximum atomic E-state index is 11.5. The van der Waals surface area contributed by atoms with Crippen LogP contribution in [0.25, 0.3) is 0 Å². The molecule has 1 fully saturated rings. The molecule has 1 aliphatic heterocycles. The summed E-state index contributed by atoms with van der Waals surface area (Å²) in [6.07, 6.45) is 1.48. The van der Waals surface area contributed by atoms with Gasteiger partial charge in [0, 0.05) is 31.0 Å². The van der Waals surface area contributed by atoms with E-state index < -0.39 is 0 Å². The summed E-state index contributed by atoms with van der Waals surface area (Å²) in [5.74, 6) is -0.772. The molecule has 1 aromatic rings. The van der Waals surface area contributed by atoms with Crippen LogP contribution in [0.5, 0.6) is 0 Å². The number of hydrogen-bond donors (Lipinski definition) is 1. The molecule has 1 aliphatic rings. The third kappa shape index (κ3) is 2.57. The highest BCUT2D eigenvalue weighted by Crippen LogP contribution is 2.02. The van der Waals surface area contributed by atoms with Crippen LogP contribution in [0.1, 0.15) is 0 Å².